The molecule has 4 aliphatic carbocycles. The number of hydrogen-bond donors (Lipinski definition) is 2. The zero-order valence-corrected chi connectivity index (χ0v) is 20.1. The number of aliphatic hydroxyl groups excluding tert-OH is 1. The van der Waals surface area contributed by atoms with Gasteiger partial charge in [-0.1, -0.05) is 43.6 Å². The third kappa shape index (κ3) is 3.02. The zero-order valence-electron chi connectivity index (χ0n) is 20.1. The van der Waals surface area contributed by atoms with Crippen molar-refractivity contribution >= 4 is 0 Å². The highest BCUT2D eigenvalue weighted by molar-refractivity contribution is 5.33. The second-order valence-electron chi connectivity index (χ2n) is 12.7. The van der Waals surface area contributed by atoms with Gasteiger partial charge >= 0.3 is 0 Å². The highest BCUT2D eigenvalue weighted by Crippen LogP contribution is 2.63. The van der Waals surface area contributed by atoms with Crippen molar-refractivity contribution in [3.8, 4) is 0 Å². The summed E-state index contributed by atoms with van der Waals surface area (Å²) in [6.07, 6.45) is 13.4. The number of aliphatic hydroxyl groups is 1. The van der Waals surface area contributed by atoms with E-state index < -0.39 is 0 Å². The molecule has 2 saturated carbocycles. The SMILES string of the molecule is CC1=C2C[C@H]3[C@@H](CC=C4C[C@@H](O)CC[C@@]43C)[C@@H]2CC[C@@]2(C1)O[C@@H]1C[C@H](C)CN[C@H]1[C@H]2C. The maximum absolute atomic E-state index is 10.3. The van der Waals surface area contributed by atoms with Gasteiger partial charge in [-0.2, -0.15) is 0 Å². The summed E-state index contributed by atoms with van der Waals surface area (Å²) in [7, 11) is 0. The van der Waals surface area contributed by atoms with E-state index in [9.17, 15) is 5.11 Å². The topological polar surface area (TPSA) is 41.5 Å². The lowest BCUT2D eigenvalue weighted by Crippen LogP contribution is -2.48. The molecule has 2 N–H and O–H groups in total. The molecule has 0 unspecified atom stereocenters. The monoisotopic (exact) mass is 425 g/mol. The fraction of sp³-hybridized carbons (Fsp3) is 0.857. The molecule has 2 aliphatic heterocycles. The molecule has 4 fully saturated rings. The number of fused-ring (bicyclic) bond motifs is 6. The molecule has 0 bridgehead atoms. The smallest absolute Gasteiger partial charge is 0.0765 e. The van der Waals surface area contributed by atoms with E-state index in [0.717, 1.165) is 49.5 Å². The Labute approximate surface area is 189 Å². The first-order valence-electron chi connectivity index (χ1n) is 13.3. The molecule has 2 saturated heterocycles. The summed E-state index contributed by atoms with van der Waals surface area (Å²) in [6, 6.07) is 0.549. The van der Waals surface area contributed by atoms with E-state index in [-0.39, 0.29) is 11.7 Å². The minimum Gasteiger partial charge on any atom is -0.393 e. The fourth-order valence-corrected chi connectivity index (χ4v) is 9.21. The Balaban J connectivity index is 1.28. The number of piperidine rings is 1. The van der Waals surface area contributed by atoms with E-state index in [1.165, 1.54) is 38.5 Å². The summed E-state index contributed by atoms with van der Waals surface area (Å²) in [4.78, 5) is 0. The van der Waals surface area contributed by atoms with Crippen LogP contribution >= 0.6 is 0 Å². The highest BCUT2D eigenvalue weighted by Gasteiger charge is 2.58. The molecule has 0 aromatic heterocycles. The molecule has 172 valence electrons. The molecular weight excluding hydrogens is 382 g/mol. The molecule has 6 aliphatic rings. The van der Waals surface area contributed by atoms with E-state index in [4.69, 9.17) is 4.74 Å². The standard InChI is InChI=1S/C28H43NO2/c1-16-11-25-26(29-15-16)18(3)28(31-25)10-8-21-22-6-5-19-12-20(30)7-9-27(19,4)24(22)13-23(21)17(2)14-28/h5,16,18,20-22,24-26,29-30H,6-15H2,1-4H3/t16-,18+,20-,21-,22-,24-,25+,26-,27-,28-/m0/s1. The Bertz CT molecular complexity index is 816. The Morgan fingerprint density at radius 1 is 1.16 bits per heavy atom. The Kier molecular flexibility index (Phi) is 4.85. The first-order valence-corrected chi connectivity index (χ1v) is 13.3. The second kappa shape index (κ2) is 7.18. The minimum absolute atomic E-state index is 0.0534. The molecule has 10 atom stereocenters. The van der Waals surface area contributed by atoms with Gasteiger partial charge < -0.3 is 15.2 Å². The van der Waals surface area contributed by atoms with Crippen LogP contribution in [0.5, 0.6) is 0 Å². The van der Waals surface area contributed by atoms with Crippen molar-refractivity contribution in [1.29, 1.82) is 0 Å². The van der Waals surface area contributed by atoms with E-state index in [0.29, 0.717) is 23.5 Å². The molecule has 31 heavy (non-hydrogen) atoms. The Morgan fingerprint density at radius 3 is 2.84 bits per heavy atom. The lowest BCUT2D eigenvalue weighted by Gasteiger charge is -2.49. The predicted molar refractivity (Wildman–Crippen MR) is 125 cm³/mol. The summed E-state index contributed by atoms with van der Waals surface area (Å²) in [5.74, 6) is 3.69. The summed E-state index contributed by atoms with van der Waals surface area (Å²) in [6.45, 7) is 11.0. The number of hydrogen-bond acceptors (Lipinski definition) is 3. The van der Waals surface area contributed by atoms with Gasteiger partial charge in [-0.15, -0.1) is 0 Å². The molecular formula is C28H43NO2. The predicted octanol–water partition coefficient (Wildman–Crippen LogP) is 5.39. The van der Waals surface area contributed by atoms with Gasteiger partial charge in [0.25, 0.3) is 0 Å². The van der Waals surface area contributed by atoms with Crippen LogP contribution in [0.4, 0.5) is 0 Å². The van der Waals surface area contributed by atoms with Gasteiger partial charge in [0.2, 0.25) is 0 Å². The van der Waals surface area contributed by atoms with Crippen molar-refractivity contribution < 1.29 is 9.84 Å². The lowest BCUT2D eigenvalue weighted by atomic mass is 9.56. The Hall–Kier alpha value is -0.640. The number of rotatable bonds is 0. The van der Waals surface area contributed by atoms with Crippen LogP contribution in [0.3, 0.4) is 0 Å². The lowest BCUT2D eigenvalue weighted by molar-refractivity contribution is -0.0720. The van der Waals surface area contributed by atoms with E-state index in [1.54, 1.807) is 16.7 Å². The molecule has 3 heteroatoms. The van der Waals surface area contributed by atoms with Crippen LogP contribution in [-0.2, 0) is 4.74 Å². The molecule has 0 radical (unpaired) electrons. The molecule has 1 spiro atoms. The normalized spacial score (nSPS) is 54.0. The average Bonchev–Trinajstić information content (AvgIpc) is 3.19. The van der Waals surface area contributed by atoms with Crippen LogP contribution in [0.25, 0.3) is 0 Å². The third-order valence-electron chi connectivity index (χ3n) is 11.0. The van der Waals surface area contributed by atoms with Crippen molar-refractivity contribution in [2.24, 2.45) is 35.0 Å². The fourth-order valence-electron chi connectivity index (χ4n) is 9.21. The Morgan fingerprint density at radius 2 is 2.00 bits per heavy atom. The maximum Gasteiger partial charge on any atom is 0.0765 e. The number of allylic oxidation sites excluding steroid dienone is 2. The van der Waals surface area contributed by atoms with Crippen LogP contribution in [0.15, 0.2) is 22.8 Å². The summed E-state index contributed by atoms with van der Waals surface area (Å²) in [5, 5.41) is 14.1. The van der Waals surface area contributed by atoms with Crippen LogP contribution < -0.4 is 5.32 Å². The highest BCUT2D eigenvalue weighted by atomic mass is 16.5. The number of nitrogens with one attached hydrogen (secondary N) is 1. The van der Waals surface area contributed by atoms with E-state index >= 15 is 0 Å². The van der Waals surface area contributed by atoms with Crippen molar-refractivity contribution in [2.75, 3.05) is 6.54 Å². The molecule has 2 heterocycles. The zero-order chi connectivity index (χ0) is 21.5. The molecule has 0 aromatic rings. The van der Waals surface area contributed by atoms with Crippen LogP contribution in [0, 0.1) is 35.0 Å². The number of ether oxygens (including phenoxy) is 1. The molecule has 0 aromatic carbocycles. The largest absolute Gasteiger partial charge is 0.393 e. The van der Waals surface area contributed by atoms with Gasteiger partial charge in [0.1, 0.15) is 0 Å². The summed E-state index contributed by atoms with van der Waals surface area (Å²) < 4.78 is 7.01. The van der Waals surface area contributed by atoms with Crippen LogP contribution in [0.2, 0.25) is 0 Å². The summed E-state index contributed by atoms with van der Waals surface area (Å²) in [5.41, 5.74) is 5.43. The van der Waals surface area contributed by atoms with Crippen molar-refractivity contribution in [1.82, 2.24) is 5.32 Å². The van der Waals surface area contributed by atoms with Gasteiger partial charge in [-0.05, 0) is 100 Å². The van der Waals surface area contributed by atoms with E-state index in [1.807, 2.05) is 0 Å². The first kappa shape index (κ1) is 20.9. The average molecular weight is 426 g/mol. The van der Waals surface area contributed by atoms with Gasteiger partial charge in [0.15, 0.2) is 0 Å². The van der Waals surface area contributed by atoms with Crippen LogP contribution in [0.1, 0.15) is 85.5 Å². The van der Waals surface area contributed by atoms with Crippen LogP contribution in [-0.4, -0.2) is 35.5 Å². The molecule has 6 rings (SSSR count). The third-order valence-corrected chi connectivity index (χ3v) is 11.0. The van der Waals surface area contributed by atoms with Crippen molar-refractivity contribution in [3.05, 3.63) is 22.8 Å². The summed E-state index contributed by atoms with van der Waals surface area (Å²) >= 11 is 0. The van der Waals surface area contributed by atoms with Gasteiger partial charge in [-0.3, -0.25) is 0 Å². The van der Waals surface area contributed by atoms with Gasteiger partial charge in [0.05, 0.1) is 17.8 Å². The van der Waals surface area contributed by atoms with Crippen molar-refractivity contribution in [2.45, 2.75) is 109 Å². The quantitative estimate of drug-likeness (QED) is 0.511. The second-order valence-corrected chi connectivity index (χ2v) is 12.7. The maximum atomic E-state index is 10.3. The molecule has 0 amide bonds. The molecule has 3 nitrogen and oxygen atoms in total. The van der Waals surface area contributed by atoms with Crippen molar-refractivity contribution in [3.63, 3.8) is 0 Å². The van der Waals surface area contributed by atoms with Gasteiger partial charge in [-0.25, -0.2) is 0 Å². The first-order chi connectivity index (χ1) is 14.8. The van der Waals surface area contributed by atoms with E-state index in [2.05, 4.69) is 39.1 Å². The minimum atomic E-state index is -0.107. The van der Waals surface area contributed by atoms with Gasteiger partial charge in [0, 0.05) is 12.0 Å².